The van der Waals surface area contributed by atoms with E-state index in [2.05, 4.69) is 10.6 Å². The Bertz CT molecular complexity index is 681. The largest absolute Gasteiger partial charge is 0.398 e. The Balaban J connectivity index is 2.09. The maximum atomic E-state index is 13.0. The molecule has 21 heavy (non-hydrogen) atoms. The van der Waals surface area contributed by atoms with Crippen molar-refractivity contribution in [2.75, 3.05) is 16.4 Å². The Morgan fingerprint density at radius 1 is 1.00 bits per heavy atom. The van der Waals surface area contributed by atoms with Crippen molar-refractivity contribution in [1.82, 2.24) is 0 Å². The van der Waals surface area contributed by atoms with Crippen molar-refractivity contribution in [2.45, 2.75) is 6.92 Å². The minimum absolute atomic E-state index is 0.205. The zero-order valence-corrected chi connectivity index (χ0v) is 11.0. The number of aryl methyl sites for hydroxylation is 1. The number of anilines is 3. The quantitative estimate of drug-likeness (QED) is 0.585. The van der Waals surface area contributed by atoms with Crippen LogP contribution in [0.4, 0.5) is 35.0 Å². The van der Waals surface area contributed by atoms with E-state index in [1.54, 1.807) is 18.2 Å². The highest BCUT2D eigenvalue weighted by Gasteiger charge is 2.12. The van der Waals surface area contributed by atoms with Crippen molar-refractivity contribution in [3.63, 3.8) is 0 Å². The molecule has 0 spiro atoms. The minimum Gasteiger partial charge on any atom is -0.398 e. The third kappa shape index (κ3) is 3.44. The van der Waals surface area contributed by atoms with Crippen LogP contribution in [0.2, 0.25) is 0 Å². The highest BCUT2D eigenvalue weighted by Crippen LogP contribution is 2.19. The molecule has 4 N–H and O–H groups in total. The lowest BCUT2D eigenvalue weighted by atomic mass is 10.2. The third-order valence-electron chi connectivity index (χ3n) is 2.78. The van der Waals surface area contributed by atoms with Crippen molar-refractivity contribution in [3.05, 3.63) is 53.3 Å². The first kappa shape index (κ1) is 14.7. The van der Waals surface area contributed by atoms with Crippen LogP contribution in [0.25, 0.3) is 0 Å². The van der Waals surface area contributed by atoms with E-state index < -0.39 is 23.5 Å². The SMILES string of the molecule is Cc1ccc(NC(=O)Nc2cc(F)c(F)c(F)c2)cc1N. The molecule has 0 saturated carbocycles. The molecule has 2 aromatic rings. The Kier molecular flexibility index (Phi) is 4.02. The summed E-state index contributed by atoms with van der Waals surface area (Å²) < 4.78 is 38.8. The lowest BCUT2D eigenvalue weighted by molar-refractivity contribution is 0.262. The lowest BCUT2D eigenvalue weighted by Gasteiger charge is -2.09. The van der Waals surface area contributed by atoms with E-state index in [1.807, 2.05) is 6.92 Å². The molecule has 0 bridgehead atoms. The molecule has 4 nitrogen and oxygen atoms in total. The monoisotopic (exact) mass is 295 g/mol. The third-order valence-corrected chi connectivity index (χ3v) is 2.78. The maximum Gasteiger partial charge on any atom is 0.323 e. The van der Waals surface area contributed by atoms with Crippen molar-refractivity contribution in [1.29, 1.82) is 0 Å². The molecule has 2 amide bonds. The van der Waals surface area contributed by atoms with Crippen LogP contribution in [0.1, 0.15) is 5.56 Å². The molecule has 0 radical (unpaired) electrons. The molecule has 0 heterocycles. The van der Waals surface area contributed by atoms with Gasteiger partial charge in [-0.2, -0.15) is 0 Å². The number of urea groups is 1. The standard InChI is InChI=1S/C14H12F3N3O/c1-7-2-3-8(6-12(7)18)19-14(21)20-9-4-10(15)13(17)11(16)5-9/h2-6H,18H2,1H3,(H2,19,20,21). The van der Waals surface area contributed by atoms with Crippen LogP contribution >= 0.6 is 0 Å². The van der Waals surface area contributed by atoms with E-state index in [9.17, 15) is 18.0 Å². The second-order valence-corrected chi connectivity index (χ2v) is 4.40. The molecule has 0 unspecified atom stereocenters. The van der Waals surface area contributed by atoms with Gasteiger partial charge in [-0.3, -0.25) is 0 Å². The molecule has 0 aliphatic rings. The van der Waals surface area contributed by atoms with E-state index in [-0.39, 0.29) is 5.69 Å². The summed E-state index contributed by atoms with van der Waals surface area (Å²) in [6.45, 7) is 1.81. The molecule has 110 valence electrons. The zero-order valence-electron chi connectivity index (χ0n) is 11.0. The number of hydrogen-bond donors (Lipinski definition) is 3. The van der Waals surface area contributed by atoms with E-state index in [1.165, 1.54) is 0 Å². The Morgan fingerprint density at radius 3 is 2.14 bits per heavy atom. The Hall–Kier alpha value is -2.70. The number of rotatable bonds is 2. The number of carbonyl (C=O) groups excluding carboxylic acids is 1. The van der Waals surface area contributed by atoms with E-state index in [0.717, 1.165) is 5.56 Å². The van der Waals surface area contributed by atoms with Gasteiger partial charge in [0.2, 0.25) is 0 Å². The summed E-state index contributed by atoms with van der Waals surface area (Å²) in [4.78, 5) is 11.7. The second-order valence-electron chi connectivity index (χ2n) is 4.40. The smallest absolute Gasteiger partial charge is 0.323 e. The van der Waals surface area contributed by atoms with Gasteiger partial charge in [0, 0.05) is 29.2 Å². The van der Waals surface area contributed by atoms with Crippen molar-refractivity contribution in [3.8, 4) is 0 Å². The predicted octanol–water partition coefficient (Wildman–Crippen LogP) is 3.64. The summed E-state index contributed by atoms with van der Waals surface area (Å²) >= 11 is 0. The predicted molar refractivity (Wildman–Crippen MR) is 74.5 cm³/mol. The first-order chi connectivity index (χ1) is 9.86. The number of nitrogens with two attached hydrogens (primary N) is 1. The molecule has 0 aromatic heterocycles. The zero-order chi connectivity index (χ0) is 15.6. The van der Waals surface area contributed by atoms with Crippen LogP contribution in [0.15, 0.2) is 30.3 Å². The topological polar surface area (TPSA) is 67.2 Å². The van der Waals surface area contributed by atoms with Gasteiger partial charge in [-0.05, 0) is 24.6 Å². The fraction of sp³-hybridized carbons (Fsp3) is 0.0714. The maximum absolute atomic E-state index is 13.0. The number of halogens is 3. The van der Waals surface area contributed by atoms with Crippen LogP contribution in [-0.4, -0.2) is 6.03 Å². The van der Waals surface area contributed by atoms with Gasteiger partial charge in [0.25, 0.3) is 0 Å². The summed E-state index contributed by atoms with van der Waals surface area (Å²) in [5.74, 6) is -4.36. The van der Waals surface area contributed by atoms with Gasteiger partial charge in [-0.25, -0.2) is 18.0 Å². The first-order valence-corrected chi connectivity index (χ1v) is 5.95. The number of nitrogen functional groups attached to an aromatic ring is 1. The van der Waals surface area contributed by atoms with Gasteiger partial charge in [0.05, 0.1) is 0 Å². The summed E-state index contributed by atoms with van der Waals surface area (Å²) in [5.41, 5.74) is 7.25. The number of benzene rings is 2. The molecule has 2 rings (SSSR count). The average molecular weight is 295 g/mol. The van der Waals surface area contributed by atoms with E-state index >= 15 is 0 Å². The summed E-state index contributed by atoms with van der Waals surface area (Å²) in [6, 6.07) is 5.51. The molecule has 0 saturated heterocycles. The minimum atomic E-state index is -1.59. The Labute approximate surface area is 118 Å². The van der Waals surface area contributed by atoms with Gasteiger partial charge >= 0.3 is 6.03 Å². The molecular weight excluding hydrogens is 283 g/mol. The molecular formula is C14H12F3N3O. The molecule has 0 aliphatic heterocycles. The Morgan fingerprint density at radius 2 is 1.57 bits per heavy atom. The summed E-state index contributed by atoms with van der Waals surface area (Å²) in [5, 5.41) is 4.64. The van der Waals surface area contributed by atoms with Gasteiger partial charge < -0.3 is 16.4 Å². The second kappa shape index (κ2) is 5.74. The fourth-order valence-corrected chi connectivity index (χ4v) is 1.64. The number of carbonyl (C=O) groups is 1. The van der Waals surface area contributed by atoms with Crippen molar-refractivity contribution >= 4 is 23.1 Å². The molecule has 0 atom stereocenters. The van der Waals surface area contributed by atoms with Gasteiger partial charge in [0.1, 0.15) is 0 Å². The van der Waals surface area contributed by atoms with Crippen LogP contribution in [-0.2, 0) is 0 Å². The number of amides is 2. The van der Waals surface area contributed by atoms with Gasteiger partial charge in [-0.1, -0.05) is 6.07 Å². The van der Waals surface area contributed by atoms with Gasteiger partial charge in [0.15, 0.2) is 17.5 Å². The summed E-state index contributed by atoms with van der Waals surface area (Å²) in [7, 11) is 0. The highest BCUT2D eigenvalue weighted by atomic mass is 19.2. The normalized spacial score (nSPS) is 10.3. The lowest BCUT2D eigenvalue weighted by Crippen LogP contribution is -2.20. The highest BCUT2D eigenvalue weighted by molar-refractivity contribution is 6.00. The summed E-state index contributed by atoms with van der Waals surface area (Å²) in [6.07, 6.45) is 0. The fourth-order valence-electron chi connectivity index (χ4n) is 1.64. The molecule has 0 fully saturated rings. The number of hydrogen-bond acceptors (Lipinski definition) is 2. The molecule has 0 aliphatic carbocycles. The molecule has 7 heteroatoms. The van der Waals surface area contributed by atoms with E-state index in [0.29, 0.717) is 23.5 Å². The average Bonchev–Trinajstić information content (AvgIpc) is 2.40. The number of nitrogens with one attached hydrogen (secondary N) is 2. The van der Waals surface area contributed by atoms with Crippen LogP contribution in [0.5, 0.6) is 0 Å². The van der Waals surface area contributed by atoms with E-state index in [4.69, 9.17) is 5.73 Å². The van der Waals surface area contributed by atoms with Crippen LogP contribution in [0.3, 0.4) is 0 Å². The van der Waals surface area contributed by atoms with Crippen molar-refractivity contribution in [2.24, 2.45) is 0 Å². The first-order valence-electron chi connectivity index (χ1n) is 5.95. The van der Waals surface area contributed by atoms with Crippen molar-refractivity contribution < 1.29 is 18.0 Å². The van der Waals surface area contributed by atoms with Crippen LogP contribution < -0.4 is 16.4 Å². The molecule has 2 aromatic carbocycles. The van der Waals surface area contributed by atoms with Crippen LogP contribution in [0, 0.1) is 24.4 Å². The van der Waals surface area contributed by atoms with Gasteiger partial charge in [-0.15, -0.1) is 0 Å².